The Bertz CT molecular complexity index is 1110. The van der Waals surface area contributed by atoms with Gasteiger partial charge in [0.05, 0.1) is 16.4 Å². The Morgan fingerprint density at radius 3 is 2.58 bits per heavy atom. The van der Waals surface area contributed by atoms with E-state index >= 15 is 0 Å². The van der Waals surface area contributed by atoms with E-state index in [2.05, 4.69) is 24.8 Å². The zero-order valence-electron chi connectivity index (χ0n) is 13.7. The number of benzene rings is 2. The fourth-order valence-electron chi connectivity index (χ4n) is 3.21. The normalized spacial score (nSPS) is 11.4. The molecule has 0 spiro atoms. The van der Waals surface area contributed by atoms with Gasteiger partial charge in [0, 0.05) is 35.6 Å². The van der Waals surface area contributed by atoms with Crippen molar-refractivity contribution in [3.05, 3.63) is 59.0 Å². The Morgan fingerprint density at radius 1 is 1.00 bits per heavy atom. The number of hydrogen-bond acceptors (Lipinski definition) is 4. The fourth-order valence-corrected chi connectivity index (χ4v) is 3.21. The first-order valence-corrected chi connectivity index (χ1v) is 8.22. The summed E-state index contributed by atoms with van der Waals surface area (Å²) >= 11 is 0. The van der Waals surface area contributed by atoms with Crippen LogP contribution in [0.4, 0.5) is 5.69 Å². The van der Waals surface area contributed by atoms with E-state index in [4.69, 9.17) is 9.40 Å². The monoisotopic (exact) mass is 318 g/mol. The molecule has 4 heteroatoms. The van der Waals surface area contributed by atoms with Crippen LogP contribution in [0.5, 0.6) is 0 Å². The third-order valence-electron chi connectivity index (χ3n) is 4.50. The van der Waals surface area contributed by atoms with Crippen molar-refractivity contribution in [3.63, 3.8) is 0 Å². The number of fused-ring (bicyclic) bond motifs is 4. The van der Waals surface area contributed by atoms with Gasteiger partial charge in [-0.2, -0.15) is 0 Å². The molecule has 0 bridgehead atoms. The molecule has 2 heterocycles. The topological polar surface area (TPSA) is 46.3 Å². The molecule has 0 unspecified atom stereocenters. The van der Waals surface area contributed by atoms with Gasteiger partial charge in [-0.3, -0.25) is 0 Å². The van der Waals surface area contributed by atoms with Crippen LogP contribution in [0.15, 0.2) is 57.7 Å². The highest BCUT2D eigenvalue weighted by atomic mass is 16.4. The van der Waals surface area contributed by atoms with E-state index in [9.17, 15) is 4.79 Å². The van der Waals surface area contributed by atoms with Crippen molar-refractivity contribution in [1.82, 2.24) is 4.98 Å². The lowest BCUT2D eigenvalue weighted by molar-refractivity contribution is 0.569. The van der Waals surface area contributed by atoms with Crippen molar-refractivity contribution in [2.75, 3.05) is 18.0 Å². The van der Waals surface area contributed by atoms with Crippen LogP contribution in [-0.2, 0) is 0 Å². The largest absolute Gasteiger partial charge is 0.422 e. The van der Waals surface area contributed by atoms with Crippen molar-refractivity contribution in [2.45, 2.75) is 13.8 Å². The average molecular weight is 318 g/mol. The summed E-state index contributed by atoms with van der Waals surface area (Å²) in [5, 5.41) is 2.33. The van der Waals surface area contributed by atoms with E-state index in [0.29, 0.717) is 16.5 Å². The second kappa shape index (κ2) is 5.64. The molecule has 0 aliphatic rings. The third kappa shape index (κ3) is 2.22. The lowest BCUT2D eigenvalue weighted by Gasteiger charge is -2.21. The lowest BCUT2D eigenvalue weighted by atomic mass is 10.1. The number of hydrogen-bond donors (Lipinski definition) is 0. The highest BCUT2D eigenvalue weighted by Crippen LogP contribution is 2.27. The number of nitrogens with zero attached hydrogens (tertiary/aromatic N) is 2. The van der Waals surface area contributed by atoms with Gasteiger partial charge in [-0.25, -0.2) is 9.78 Å². The van der Waals surface area contributed by atoms with Gasteiger partial charge in [-0.15, -0.1) is 0 Å². The van der Waals surface area contributed by atoms with Gasteiger partial charge in [0.25, 0.3) is 0 Å². The first-order chi connectivity index (χ1) is 11.7. The molecule has 2 aromatic carbocycles. The average Bonchev–Trinajstić information content (AvgIpc) is 2.61. The molecular weight excluding hydrogens is 300 g/mol. The molecule has 4 rings (SSSR count). The van der Waals surface area contributed by atoms with E-state index in [1.807, 2.05) is 42.5 Å². The van der Waals surface area contributed by atoms with Crippen LogP contribution >= 0.6 is 0 Å². The number of anilines is 1. The van der Waals surface area contributed by atoms with Crippen molar-refractivity contribution < 1.29 is 4.42 Å². The van der Waals surface area contributed by atoms with Crippen LogP contribution in [-0.4, -0.2) is 18.1 Å². The Hall–Kier alpha value is -2.88. The van der Waals surface area contributed by atoms with Crippen LogP contribution in [0.1, 0.15) is 13.8 Å². The summed E-state index contributed by atoms with van der Waals surface area (Å²) in [5.74, 6) is 0. The summed E-state index contributed by atoms with van der Waals surface area (Å²) in [4.78, 5) is 19.4. The Kier molecular flexibility index (Phi) is 3.45. The van der Waals surface area contributed by atoms with Gasteiger partial charge in [-0.1, -0.05) is 18.2 Å². The molecule has 0 fully saturated rings. The number of rotatable bonds is 3. The maximum Gasteiger partial charge on any atom is 0.345 e. The van der Waals surface area contributed by atoms with Crippen molar-refractivity contribution in [2.24, 2.45) is 0 Å². The minimum Gasteiger partial charge on any atom is -0.422 e. The summed E-state index contributed by atoms with van der Waals surface area (Å²) in [5.41, 5.74) is 2.87. The van der Waals surface area contributed by atoms with Gasteiger partial charge in [0.15, 0.2) is 0 Å². The van der Waals surface area contributed by atoms with E-state index in [1.165, 1.54) is 0 Å². The highest BCUT2D eigenvalue weighted by Gasteiger charge is 2.12. The van der Waals surface area contributed by atoms with Crippen LogP contribution in [0.25, 0.3) is 32.8 Å². The Balaban J connectivity index is 2.06. The zero-order valence-corrected chi connectivity index (χ0v) is 13.7. The van der Waals surface area contributed by atoms with E-state index in [1.54, 1.807) is 0 Å². The van der Waals surface area contributed by atoms with Gasteiger partial charge >= 0.3 is 5.63 Å². The molecule has 2 aromatic heterocycles. The van der Waals surface area contributed by atoms with Gasteiger partial charge in [0.1, 0.15) is 5.58 Å². The molecule has 0 aliphatic heterocycles. The molecule has 0 atom stereocenters. The molecule has 0 saturated carbocycles. The molecule has 0 amide bonds. The molecule has 0 saturated heterocycles. The van der Waals surface area contributed by atoms with E-state index in [0.717, 1.165) is 35.1 Å². The summed E-state index contributed by atoms with van der Waals surface area (Å²) < 4.78 is 5.58. The Labute approximate surface area is 139 Å². The molecule has 24 heavy (non-hydrogen) atoms. The van der Waals surface area contributed by atoms with Gasteiger partial charge < -0.3 is 9.32 Å². The predicted molar refractivity (Wildman–Crippen MR) is 98.9 cm³/mol. The molecular formula is C20H18N2O2. The maximum atomic E-state index is 12.4. The summed E-state index contributed by atoms with van der Waals surface area (Å²) in [6, 6.07) is 15.7. The maximum absolute atomic E-state index is 12.4. The van der Waals surface area contributed by atoms with Crippen molar-refractivity contribution in [1.29, 1.82) is 0 Å². The van der Waals surface area contributed by atoms with Crippen LogP contribution in [0, 0.1) is 0 Å². The lowest BCUT2D eigenvalue weighted by Crippen LogP contribution is -2.21. The standard InChI is InChI=1S/C20H18N2O2/c1-3-22(4-2)14-9-10-15-18(12-14)24-20(23)16-11-13-7-5-6-8-17(13)21-19(15)16/h5-12H,3-4H2,1-2H3. The second-order valence-electron chi connectivity index (χ2n) is 5.82. The van der Waals surface area contributed by atoms with Gasteiger partial charge in [-0.05, 0) is 38.1 Å². The first kappa shape index (κ1) is 14.7. The van der Waals surface area contributed by atoms with E-state index in [-0.39, 0.29) is 5.63 Å². The van der Waals surface area contributed by atoms with Crippen LogP contribution in [0.3, 0.4) is 0 Å². The first-order valence-electron chi connectivity index (χ1n) is 8.22. The molecule has 0 radical (unpaired) electrons. The second-order valence-corrected chi connectivity index (χ2v) is 5.82. The van der Waals surface area contributed by atoms with Crippen molar-refractivity contribution >= 4 is 38.5 Å². The number of pyridine rings is 1. The Morgan fingerprint density at radius 2 is 1.79 bits per heavy atom. The van der Waals surface area contributed by atoms with Crippen molar-refractivity contribution in [3.8, 4) is 0 Å². The molecule has 4 nitrogen and oxygen atoms in total. The predicted octanol–water partition coefficient (Wildman–Crippen LogP) is 4.34. The minimum atomic E-state index is -0.340. The molecule has 4 aromatic rings. The quantitative estimate of drug-likeness (QED) is 0.320. The smallest absolute Gasteiger partial charge is 0.345 e. The molecule has 0 N–H and O–H groups in total. The fraction of sp³-hybridized carbons (Fsp3) is 0.200. The number of aromatic nitrogens is 1. The summed E-state index contributed by atoms with van der Waals surface area (Å²) in [7, 11) is 0. The third-order valence-corrected chi connectivity index (χ3v) is 4.50. The van der Waals surface area contributed by atoms with Gasteiger partial charge in [0.2, 0.25) is 0 Å². The summed E-state index contributed by atoms with van der Waals surface area (Å²) in [6.45, 7) is 6.03. The zero-order chi connectivity index (χ0) is 16.7. The minimum absolute atomic E-state index is 0.340. The van der Waals surface area contributed by atoms with E-state index < -0.39 is 0 Å². The molecule has 120 valence electrons. The van der Waals surface area contributed by atoms with Crippen LogP contribution < -0.4 is 10.5 Å². The highest BCUT2D eigenvalue weighted by molar-refractivity contribution is 6.06. The summed E-state index contributed by atoms with van der Waals surface area (Å²) in [6.07, 6.45) is 0. The number of para-hydroxylation sites is 1. The van der Waals surface area contributed by atoms with Crippen LogP contribution in [0.2, 0.25) is 0 Å². The molecule has 0 aliphatic carbocycles. The SMILES string of the molecule is CCN(CC)c1ccc2c(c1)oc(=O)c1cc3ccccc3nc12.